The molecule has 4 nitrogen and oxygen atoms in total. The number of hydrogen-bond donors (Lipinski definition) is 2. The lowest BCUT2D eigenvalue weighted by Crippen LogP contribution is -2.33. The topological polar surface area (TPSA) is 52.6 Å². The first kappa shape index (κ1) is 12.5. The van der Waals surface area contributed by atoms with Gasteiger partial charge in [0.05, 0.1) is 6.42 Å². The van der Waals surface area contributed by atoms with Gasteiger partial charge < -0.3 is 15.3 Å². The van der Waals surface area contributed by atoms with Gasteiger partial charge >= 0.3 is 0 Å². The first-order valence-corrected chi connectivity index (χ1v) is 5.30. The molecule has 0 fully saturated rings. The van der Waals surface area contributed by atoms with Crippen LogP contribution >= 0.6 is 0 Å². The fraction of sp³-hybridized carbons (Fsp3) is 0.417. The van der Waals surface area contributed by atoms with Crippen LogP contribution in [-0.4, -0.2) is 43.1 Å². The van der Waals surface area contributed by atoms with Crippen LogP contribution in [0, 0.1) is 0 Å². The highest BCUT2D eigenvalue weighted by Crippen LogP contribution is 2.10. The van der Waals surface area contributed by atoms with Crippen LogP contribution in [0.25, 0.3) is 0 Å². The summed E-state index contributed by atoms with van der Waals surface area (Å²) in [7, 11) is 3.65. The highest BCUT2D eigenvalue weighted by molar-refractivity contribution is 5.78. The van der Waals surface area contributed by atoms with Crippen LogP contribution in [0.15, 0.2) is 24.3 Å². The number of aromatic hydroxyl groups is 1. The summed E-state index contributed by atoms with van der Waals surface area (Å²) in [6.07, 6.45) is 0.375. The Morgan fingerprint density at radius 3 is 2.56 bits per heavy atom. The molecular weight excluding hydrogens is 204 g/mol. The Hall–Kier alpha value is -1.55. The normalized spacial score (nSPS) is 10.1. The van der Waals surface area contributed by atoms with E-state index in [1.807, 2.05) is 7.05 Å². The van der Waals surface area contributed by atoms with Crippen molar-refractivity contribution in [3.8, 4) is 5.75 Å². The number of amides is 1. The average Bonchev–Trinajstić information content (AvgIpc) is 2.29. The van der Waals surface area contributed by atoms with Crippen molar-refractivity contribution in [2.75, 3.05) is 27.2 Å². The van der Waals surface area contributed by atoms with Gasteiger partial charge in [-0.15, -0.1) is 0 Å². The number of hydrogen-bond acceptors (Lipinski definition) is 3. The zero-order chi connectivity index (χ0) is 12.0. The van der Waals surface area contributed by atoms with Crippen molar-refractivity contribution in [2.24, 2.45) is 0 Å². The van der Waals surface area contributed by atoms with Gasteiger partial charge in [-0.25, -0.2) is 0 Å². The fourth-order valence-electron chi connectivity index (χ4n) is 1.33. The van der Waals surface area contributed by atoms with E-state index in [4.69, 9.17) is 5.11 Å². The molecule has 0 unspecified atom stereocenters. The van der Waals surface area contributed by atoms with Crippen LogP contribution in [0.2, 0.25) is 0 Å². The van der Waals surface area contributed by atoms with Crippen molar-refractivity contribution in [3.05, 3.63) is 29.8 Å². The van der Waals surface area contributed by atoms with Gasteiger partial charge in [0.15, 0.2) is 0 Å². The minimum absolute atomic E-state index is 0.0842. The quantitative estimate of drug-likeness (QED) is 0.767. The summed E-state index contributed by atoms with van der Waals surface area (Å²) in [6.45, 7) is 1.49. The minimum atomic E-state index is 0.0842. The van der Waals surface area contributed by atoms with Crippen molar-refractivity contribution in [1.82, 2.24) is 10.2 Å². The largest absolute Gasteiger partial charge is 0.508 e. The van der Waals surface area contributed by atoms with E-state index in [-0.39, 0.29) is 11.7 Å². The number of nitrogens with zero attached hydrogens (tertiary/aromatic N) is 1. The maximum atomic E-state index is 11.7. The number of nitrogens with one attached hydrogen (secondary N) is 1. The number of likely N-dealkylation sites (N-methyl/N-ethyl adjacent to an activating group) is 2. The second-order valence-corrected chi connectivity index (χ2v) is 3.76. The van der Waals surface area contributed by atoms with E-state index in [1.165, 1.54) is 0 Å². The Bertz CT molecular complexity index is 335. The Morgan fingerprint density at radius 2 is 2.00 bits per heavy atom. The van der Waals surface area contributed by atoms with Crippen LogP contribution in [0.3, 0.4) is 0 Å². The number of benzene rings is 1. The summed E-state index contributed by atoms with van der Waals surface area (Å²) in [5, 5.41) is 12.1. The van der Waals surface area contributed by atoms with Crippen molar-refractivity contribution < 1.29 is 9.90 Å². The van der Waals surface area contributed by atoms with Gasteiger partial charge in [-0.05, 0) is 24.7 Å². The van der Waals surface area contributed by atoms with Gasteiger partial charge in [-0.1, -0.05) is 12.1 Å². The van der Waals surface area contributed by atoms with E-state index in [1.54, 1.807) is 36.2 Å². The Kier molecular flexibility index (Phi) is 4.79. The molecule has 16 heavy (non-hydrogen) atoms. The molecule has 0 saturated carbocycles. The third-order valence-corrected chi connectivity index (χ3v) is 2.41. The summed E-state index contributed by atoms with van der Waals surface area (Å²) < 4.78 is 0. The Morgan fingerprint density at radius 1 is 1.38 bits per heavy atom. The molecule has 0 bridgehead atoms. The van der Waals surface area contributed by atoms with E-state index >= 15 is 0 Å². The standard InChI is InChI=1S/C12H18N2O2/c1-13-7-8-14(2)12(16)9-10-3-5-11(15)6-4-10/h3-6,13,15H,7-9H2,1-2H3. The summed E-state index contributed by atoms with van der Waals surface area (Å²) in [5.74, 6) is 0.306. The summed E-state index contributed by atoms with van der Waals surface area (Å²) in [5.41, 5.74) is 0.916. The lowest BCUT2D eigenvalue weighted by molar-refractivity contribution is -0.129. The average molecular weight is 222 g/mol. The maximum Gasteiger partial charge on any atom is 0.226 e. The number of phenolic OH excluding ortho intramolecular Hbond substituents is 1. The second kappa shape index (κ2) is 6.12. The third kappa shape index (κ3) is 3.90. The van der Waals surface area contributed by atoms with E-state index in [9.17, 15) is 4.79 Å². The van der Waals surface area contributed by atoms with E-state index < -0.39 is 0 Å². The first-order chi connectivity index (χ1) is 7.63. The van der Waals surface area contributed by atoms with E-state index in [0.29, 0.717) is 13.0 Å². The van der Waals surface area contributed by atoms with Crippen molar-refractivity contribution in [3.63, 3.8) is 0 Å². The molecule has 1 amide bonds. The minimum Gasteiger partial charge on any atom is -0.508 e. The highest BCUT2D eigenvalue weighted by Gasteiger charge is 2.08. The predicted octanol–water partition coefficient (Wildman–Crippen LogP) is 0.612. The zero-order valence-electron chi connectivity index (χ0n) is 9.73. The van der Waals surface area contributed by atoms with Gasteiger partial charge in [0, 0.05) is 20.1 Å². The van der Waals surface area contributed by atoms with Crippen LogP contribution in [0.5, 0.6) is 5.75 Å². The lowest BCUT2D eigenvalue weighted by Gasteiger charge is -2.16. The molecule has 1 aromatic rings. The third-order valence-electron chi connectivity index (χ3n) is 2.41. The number of carbonyl (C=O) groups excluding carboxylic acids is 1. The monoisotopic (exact) mass is 222 g/mol. The molecular formula is C12H18N2O2. The van der Waals surface area contributed by atoms with Crippen LogP contribution < -0.4 is 5.32 Å². The van der Waals surface area contributed by atoms with Gasteiger partial charge in [0.25, 0.3) is 0 Å². The highest BCUT2D eigenvalue weighted by atomic mass is 16.3. The number of rotatable bonds is 5. The Balaban J connectivity index is 2.47. The van der Waals surface area contributed by atoms with Crippen LogP contribution in [0.1, 0.15) is 5.56 Å². The molecule has 0 atom stereocenters. The second-order valence-electron chi connectivity index (χ2n) is 3.76. The predicted molar refractivity (Wildman–Crippen MR) is 63.4 cm³/mol. The number of carbonyl (C=O) groups is 1. The van der Waals surface area contributed by atoms with Crippen molar-refractivity contribution in [2.45, 2.75) is 6.42 Å². The van der Waals surface area contributed by atoms with Crippen molar-refractivity contribution in [1.29, 1.82) is 0 Å². The van der Waals surface area contributed by atoms with E-state index in [2.05, 4.69) is 5.32 Å². The summed E-state index contributed by atoms with van der Waals surface area (Å²) >= 11 is 0. The molecule has 0 heterocycles. The first-order valence-electron chi connectivity index (χ1n) is 5.30. The molecule has 0 spiro atoms. The molecule has 0 aromatic heterocycles. The summed E-state index contributed by atoms with van der Waals surface area (Å²) in [6, 6.07) is 6.71. The smallest absolute Gasteiger partial charge is 0.226 e. The zero-order valence-corrected chi connectivity index (χ0v) is 9.73. The van der Waals surface area contributed by atoms with Gasteiger partial charge in [0.2, 0.25) is 5.91 Å². The number of phenols is 1. The fourth-order valence-corrected chi connectivity index (χ4v) is 1.33. The molecule has 2 N–H and O–H groups in total. The molecule has 1 aromatic carbocycles. The molecule has 4 heteroatoms. The molecule has 0 aliphatic heterocycles. The molecule has 0 aliphatic rings. The molecule has 0 aliphatic carbocycles. The maximum absolute atomic E-state index is 11.7. The van der Waals surface area contributed by atoms with Gasteiger partial charge in [0.1, 0.15) is 5.75 Å². The van der Waals surface area contributed by atoms with Gasteiger partial charge in [-0.2, -0.15) is 0 Å². The van der Waals surface area contributed by atoms with Crippen LogP contribution in [0.4, 0.5) is 0 Å². The lowest BCUT2D eigenvalue weighted by atomic mass is 10.1. The van der Waals surface area contributed by atoms with Crippen LogP contribution in [-0.2, 0) is 11.2 Å². The van der Waals surface area contributed by atoms with E-state index in [0.717, 1.165) is 12.1 Å². The summed E-state index contributed by atoms with van der Waals surface area (Å²) in [4.78, 5) is 13.4. The SMILES string of the molecule is CNCCN(C)C(=O)Cc1ccc(O)cc1. The molecule has 0 saturated heterocycles. The molecule has 1 rings (SSSR count). The van der Waals surface area contributed by atoms with Gasteiger partial charge in [-0.3, -0.25) is 4.79 Å². The Labute approximate surface area is 95.9 Å². The molecule has 0 radical (unpaired) electrons. The molecule has 88 valence electrons. The van der Waals surface area contributed by atoms with Crippen molar-refractivity contribution >= 4 is 5.91 Å².